The minimum atomic E-state index is 0.294. The third-order valence-electron chi connectivity index (χ3n) is 1.56. The Labute approximate surface area is 87.7 Å². The molecule has 0 aromatic rings. The molecule has 0 heterocycles. The van der Waals surface area contributed by atoms with Crippen LogP contribution < -0.4 is 0 Å². The Bertz CT molecular complexity index is 99.1. The highest BCUT2D eigenvalue weighted by Gasteiger charge is 1.95. The second-order valence-corrected chi connectivity index (χ2v) is 3.81. The summed E-state index contributed by atoms with van der Waals surface area (Å²) in [6.07, 6.45) is 1.57. The molecular formula is C11H24O3. The van der Waals surface area contributed by atoms with Crippen LogP contribution >= 0.6 is 0 Å². The molecule has 0 saturated carbocycles. The van der Waals surface area contributed by atoms with Gasteiger partial charge in [0, 0.05) is 13.2 Å². The topological polar surface area (TPSA) is 27.7 Å². The Morgan fingerprint density at radius 2 is 1.29 bits per heavy atom. The van der Waals surface area contributed by atoms with Gasteiger partial charge in [-0.05, 0) is 34.1 Å². The lowest BCUT2D eigenvalue weighted by molar-refractivity contribution is 0.00824. The molecule has 0 N–H and O–H groups in total. The Hall–Kier alpha value is -0.120. The second kappa shape index (κ2) is 9.44. The highest BCUT2D eigenvalue weighted by Crippen LogP contribution is 1.92. The predicted molar refractivity (Wildman–Crippen MR) is 57.6 cm³/mol. The quantitative estimate of drug-likeness (QED) is 0.539. The summed E-state index contributed by atoms with van der Waals surface area (Å²) >= 11 is 0. The lowest BCUT2D eigenvalue weighted by atomic mass is 10.4. The molecule has 0 aromatic carbocycles. The maximum Gasteiger partial charge on any atom is 0.0703 e. The molecule has 0 aliphatic heterocycles. The van der Waals surface area contributed by atoms with Crippen molar-refractivity contribution >= 4 is 0 Å². The molecule has 0 amide bonds. The first-order valence-corrected chi connectivity index (χ1v) is 5.44. The van der Waals surface area contributed by atoms with E-state index in [0.717, 1.165) is 19.6 Å². The highest BCUT2D eigenvalue weighted by atomic mass is 16.5. The van der Waals surface area contributed by atoms with E-state index in [9.17, 15) is 0 Å². The van der Waals surface area contributed by atoms with Gasteiger partial charge in [-0.15, -0.1) is 0 Å². The number of rotatable bonds is 9. The summed E-state index contributed by atoms with van der Waals surface area (Å²) in [5, 5.41) is 0. The van der Waals surface area contributed by atoms with E-state index in [4.69, 9.17) is 14.2 Å². The van der Waals surface area contributed by atoms with Crippen LogP contribution in [0.2, 0.25) is 0 Å². The average molecular weight is 204 g/mol. The Morgan fingerprint density at radius 1 is 0.714 bits per heavy atom. The highest BCUT2D eigenvalue weighted by molar-refractivity contribution is 4.40. The van der Waals surface area contributed by atoms with Crippen LogP contribution in [0.4, 0.5) is 0 Å². The van der Waals surface area contributed by atoms with E-state index in [1.165, 1.54) is 0 Å². The van der Waals surface area contributed by atoms with Gasteiger partial charge in [-0.1, -0.05) is 0 Å². The first-order chi connectivity index (χ1) is 6.63. The van der Waals surface area contributed by atoms with Crippen molar-refractivity contribution in [2.24, 2.45) is 0 Å². The van der Waals surface area contributed by atoms with Crippen LogP contribution in [0.1, 0.15) is 34.1 Å². The second-order valence-electron chi connectivity index (χ2n) is 3.81. The molecular weight excluding hydrogens is 180 g/mol. The molecule has 0 bridgehead atoms. The van der Waals surface area contributed by atoms with Crippen molar-refractivity contribution in [1.29, 1.82) is 0 Å². The molecule has 0 rings (SSSR count). The summed E-state index contributed by atoms with van der Waals surface area (Å²) in [7, 11) is 0. The molecule has 0 fully saturated rings. The Kier molecular flexibility index (Phi) is 9.35. The van der Waals surface area contributed by atoms with E-state index in [-0.39, 0.29) is 0 Å². The molecule has 0 radical (unpaired) electrons. The zero-order valence-corrected chi connectivity index (χ0v) is 9.91. The minimum absolute atomic E-state index is 0.294. The summed E-state index contributed by atoms with van der Waals surface area (Å²) in [5.74, 6) is 0. The van der Waals surface area contributed by atoms with Crippen LogP contribution in [0.15, 0.2) is 0 Å². The molecule has 0 aliphatic carbocycles. The maximum atomic E-state index is 5.38. The van der Waals surface area contributed by atoms with Crippen molar-refractivity contribution in [3.05, 3.63) is 0 Å². The van der Waals surface area contributed by atoms with Crippen molar-refractivity contribution in [3.63, 3.8) is 0 Å². The fourth-order valence-corrected chi connectivity index (χ4v) is 0.925. The molecule has 0 aliphatic rings. The van der Waals surface area contributed by atoms with Crippen LogP contribution in [-0.2, 0) is 14.2 Å². The SMILES string of the molecule is CC(C)OCCCOCCOC(C)C. The number of hydrogen-bond donors (Lipinski definition) is 0. The average Bonchev–Trinajstić information content (AvgIpc) is 2.08. The molecule has 3 heteroatoms. The standard InChI is InChI=1S/C11H24O3/c1-10(2)13-7-5-6-12-8-9-14-11(3)4/h10-11H,5-9H2,1-4H3. The fraction of sp³-hybridized carbons (Fsp3) is 1.00. The van der Waals surface area contributed by atoms with Crippen LogP contribution in [0.3, 0.4) is 0 Å². The van der Waals surface area contributed by atoms with Crippen molar-refractivity contribution < 1.29 is 14.2 Å². The molecule has 0 spiro atoms. The van der Waals surface area contributed by atoms with Gasteiger partial charge in [0.2, 0.25) is 0 Å². The Balaban J connectivity index is 2.92. The predicted octanol–water partition coefficient (Wildman–Crippen LogP) is 2.24. The minimum Gasteiger partial charge on any atom is -0.379 e. The third-order valence-corrected chi connectivity index (χ3v) is 1.56. The zero-order valence-electron chi connectivity index (χ0n) is 9.91. The van der Waals surface area contributed by atoms with Gasteiger partial charge >= 0.3 is 0 Å². The monoisotopic (exact) mass is 204 g/mol. The summed E-state index contributed by atoms with van der Waals surface area (Å²) in [5.41, 5.74) is 0. The lowest BCUT2D eigenvalue weighted by Gasteiger charge is -2.09. The van der Waals surface area contributed by atoms with Gasteiger partial charge in [-0.25, -0.2) is 0 Å². The van der Waals surface area contributed by atoms with E-state index in [2.05, 4.69) is 0 Å². The summed E-state index contributed by atoms with van der Waals surface area (Å²) in [6.45, 7) is 11.0. The van der Waals surface area contributed by atoms with Gasteiger partial charge in [0.25, 0.3) is 0 Å². The van der Waals surface area contributed by atoms with E-state index in [1.807, 2.05) is 27.7 Å². The van der Waals surface area contributed by atoms with Gasteiger partial charge < -0.3 is 14.2 Å². The summed E-state index contributed by atoms with van der Waals surface area (Å²) in [4.78, 5) is 0. The van der Waals surface area contributed by atoms with Crippen LogP contribution in [0.25, 0.3) is 0 Å². The van der Waals surface area contributed by atoms with Crippen molar-refractivity contribution in [2.75, 3.05) is 26.4 Å². The van der Waals surface area contributed by atoms with Gasteiger partial charge in [0.05, 0.1) is 25.4 Å². The molecule has 86 valence electrons. The largest absolute Gasteiger partial charge is 0.379 e. The third kappa shape index (κ3) is 11.9. The number of ether oxygens (including phenoxy) is 3. The summed E-state index contributed by atoms with van der Waals surface area (Å²) < 4.78 is 16.1. The van der Waals surface area contributed by atoms with Gasteiger partial charge in [-0.3, -0.25) is 0 Å². The van der Waals surface area contributed by atoms with Gasteiger partial charge in [-0.2, -0.15) is 0 Å². The maximum absolute atomic E-state index is 5.38. The van der Waals surface area contributed by atoms with E-state index in [0.29, 0.717) is 25.4 Å². The van der Waals surface area contributed by atoms with Crippen molar-refractivity contribution in [2.45, 2.75) is 46.3 Å². The smallest absolute Gasteiger partial charge is 0.0703 e. The fourth-order valence-electron chi connectivity index (χ4n) is 0.925. The Morgan fingerprint density at radius 3 is 1.86 bits per heavy atom. The molecule has 14 heavy (non-hydrogen) atoms. The molecule has 0 aromatic heterocycles. The molecule has 0 saturated heterocycles. The van der Waals surface area contributed by atoms with Crippen LogP contribution in [0.5, 0.6) is 0 Å². The van der Waals surface area contributed by atoms with Crippen molar-refractivity contribution in [3.8, 4) is 0 Å². The molecule has 0 atom stereocenters. The van der Waals surface area contributed by atoms with E-state index in [1.54, 1.807) is 0 Å². The molecule has 0 unspecified atom stereocenters. The normalized spacial score (nSPS) is 11.6. The first-order valence-electron chi connectivity index (χ1n) is 5.44. The van der Waals surface area contributed by atoms with E-state index >= 15 is 0 Å². The first kappa shape index (κ1) is 13.9. The zero-order chi connectivity index (χ0) is 10.8. The molecule has 3 nitrogen and oxygen atoms in total. The van der Waals surface area contributed by atoms with Gasteiger partial charge in [0.15, 0.2) is 0 Å². The van der Waals surface area contributed by atoms with Crippen LogP contribution in [0, 0.1) is 0 Å². The van der Waals surface area contributed by atoms with Gasteiger partial charge in [0.1, 0.15) is 0 Å². The van der Waals surface area contributed by atoms with E-state index < -0.39 is 0 Å². The van der Waals surface area contributed by atoms with Crippen molar-refractivity contribution in [1.82, 2.24) is 0 Å². The lowest BCUT2D eigenvalue weighted by Crippen LogP contribution is -2.11. The summed E-state index contributed by atoms with van der Waals surface area (Å²) in [6, 6.07) is 0. The number of hydrogen-bond acceptors (Lipinski definition) is 3. The van der Waals surface area contributed by atoms with Crippen LogP contribution in [-0.4, -0.2) is 38.6 Å².